The second-order valence-electron chi connectivity index (χ2n) is 4.34. The molecule has 0 aromatic heterocycles. The highest BCUT2D eigenvalue weighted by Crippen LogP contribution is 2.07. The Kier molecular flexibility index (Phi) is 5.96. The van der Waals surface area contributed by atoms with Crippen molar-refractivity contribution in [2.75, 3.05) is 12.9 Å². The van der Waals surface area contributed by atoms with E-state index in [-0.39, 0.29) is 18.6 Å². The predicted molar refractivity (Wildman–Crippen MR) is 62.8 cm³/mol. The molecule has 1 amide bonds. The highest BCUT2D eigenvalue weighted by Gasteiger charge is 2.26. The molecule has 5 nitrogen and oxygen atoms in total. The smallest absolute Gasteiger partial charge is 0.238 e. The van der Waals surface area contributed by atoms with Crippen LogP contribution in [0, 0.1) is 5.92 Å². The van der Waals surface area contributed by atoms with E-state index in [0.29, 0.717) is 6.42 Å². The van der Waals surface area contributed by atoms with Gasteiger partial charge in [0.05, 0.1) is 0 Å². The van der Waals surface area contributed by atoms with E-state index >= 15 is 0 Å². The van der Waals surface area contributed by atoms with Crippen molar-refractivity contribution in [2.24, 2.45) is 5.92 Å². The maximum absolute atomic E-state index is 11.6. The monoisotopic (exact) mass is 251 g/mol. The van der Waals surface area contributed by atoms with Gasteiger partial charge >= 0.3 is 0 Å². The van der Waals surface area contributed by atoms with Crippen molar-refractivity contribution < 1.29 is 18.3 Å². The van der Waals surface area contributed by atoms with Gasteiger partial charge in [-0.15, -0.1) is 0 Å². The zero-order valence-electron chi connectivity index (χ0n) is 10.2. The molecule has 0 radical (unpaired) electrons. The van der Waals surface area contributed by atoms with Crippen molar-refractivity contribution in [3.05, 3.63) is 0 Å². The summed E-state index contributed by atoms with van der Waals surface area (Å²) in [4.78, 5) is 11.6. The first-order valence-corrected chi connectivity index (χ1v) is 7.25. The Balaban J connectivity index is 4.53. The summed E-state index contributed by atoms with van der Waals surface area (Å²) in [5, 5.41) is 10.4. The van der Waals surface area contributed by atoms with E-state index < -0.39 is 21.0 Å². The number of hydrogen-bond acceptors (Lipinski definition) is 4. The number of hydrogen-bond donors (Lipinski definition) is 2. The van der Waals surface area contributed by atoms with Crippen LogP contribution in [0.1, 0.15) is 27.2 Å². The Morgan fingerprint density at radius 3 is 2.12 bits per heavy atom. The van der Waals surface area contributed by atoms with Crippen LogP contribution in [0.2, 0.25) is 0 Å². The number of aliphatic hydroxyl groups excluding tert-OH is 1. The van der Waals surface area contributed by atoms with Crippen LogP contribution in [-0.2, 0) is 14.6 Å². The van der Waals surface area contributed by atoms with E-state index in [0.717, 1.165) is 6.26 Å². The average Bonchev–Trinajstić information content (AvgIpc) is 2.14. The molecule has 0 aliphatic rings. The van der Waals surface area contributed by atoms with Crippen molar-refractivity contribution in [1.29, 1.82) is 0 Å². The molecule has 0 fully saturated rings. The molecule has 0 rings (SSSR count). The number of sulfone groups is 1. The van der Waals surface area contributed by atoms with Gasteiger partial charge in [0.25, 0.3) is 0 Å². The minimum absolute atomic E-state index is 0.0314. The van der Waals surface area contributed by atoms with Gasteiger partial charge in [0.1, 0.15) is 5.25 Å². The molecule has 16 heavy (non-hydrogen) atoms. The summed E-state index contributed by atoms with van der Waals surface area (Å²) in [6.07, 6.45) is 1.47. The van der Waals surface area contributed by atoms with Crippen LogP contribution in [0.15, 0.2) is 0 Å². The molecule has 0 saturated carbocycles. The average molecular weight is 251 g/mol. The fraction of sp³-hybridized carbons (Fsp3) is 0.900. The molecule has 6 heteroatoms. The second-order valence-corrected chi connectivity index (χ2v) is 6.71. The maximum atomic E-state index is 11.6. The first-order valence-electron chi connectivity index (χ1n) is 5.30. The minimum Gasteiger partial charge on any atom is -0.396 e. The van der Waals surface area contributed by atoms with Crippen molar-refractivity contribution in [3.8, 4) is 0 Å². The maximum Gasteiger partial charge on any atom is 0.238 e. The third-order valence-corrected chi connectivity index (χ3v) is 4.08. The van der Waals surface area contributed by atoms with Gasteiger partial charge in [0, 0.05) is 18.9 Å². The highest BCUT2D eigenvalue weighted by atomic mass is 32.2. The van der Waals surface area contributed by atoms with Crippen LogP contribution in [0.5, 0.6) is 0 Å². The second kappa shape index (κ2) is 6.20. The summed E-state index contributed by atoms with van der Waals surface area (Å²) < 4.78 is 22.3. The molecule has 0 aromatic rings. The zero-order valence-corrected chi connectivity index (χ0v) is 11.0. The standard InChI is InChI=1S/C10H21NO4S/c1-7(2)9(5-6-12)11-10(13)8(3)16(4,14)15/h7-9,12H,5-6H2,1-4H3,(H,11,13). The van der Waals surface area contributed by atoms with Crippen LogP contribution in [0.25, 0.3) is 0 Å². The van der Waals surface area contributed by atoms with Gasteiger partial charge in [-0.25, -0.2) is 8.42 Å². The molecule has 2 N–H and O–H groups in total. The van der Waals surface area contributed by atoms with Crippen molar-refractivity contribution in [1.82, 2.24) is 5.32 Å². The summed E-state index contributed by atoms with van der Waals surface area (Å²) in [6.45, 7) is 5.15. The van der Waals surface area contributed by atoms with Gasteiger partial charge in [-0.3, -0.25) is 4.79 Å². The van der Waals surface area contributed by atoms with Gasteiger partial charge in [0.2, 0.25) is 5.91 Å². The van der Waals surface area contributed by atoms with Crippen LogP contribution < -0.4 is 5.32 Å². The molecule has 0 saturated heterocycles. The first kappa shape index (κ1) is 15.4. The van der Waals surface area contributed by atoms with E-state index in [2.05, 4.69) is 5.32 Å². The number of amides is 1. The Morgan fingerprint density at radius 1 is 1.31 bits per heavy atom. The fourth-order valence-corrected chi connectivity index (χ4v) is 1.66. The van der Waals surface area contributed by atoms with E-state index in [9.17, 15) is 13.2 Å². The quantitative estimate of drug-likeness (QED) is 0.693. The summed E-state index contributed by atoms with van der Waals surface area (Å²) in [5.41, 5.74) is 0. The number of rotatable bonds is 6. The summed E-state index contributed by atoms with van der Waals surface area (Å²) in [6, 6.07) is -0.193. The van der Waals surface area contributed by atoms with E-state index in [1.807, 2.05) is 13.8 Å². The fourth-order valence-electron chi connectivity index (χ4n) is 1.21. The largest absolute Gasteiger partial charge is 0.396 e. The molecule has 0 aromatic carbocycles. The molecular weight excluding hydrogens is 230 g/mol. The minimum atomic E-state index is -3.36. The molecule has 96 valence electrons. The van der Waals surface area contributed by atoms with Gasteiger partial charge in [-0.1, -0.05) is 13.8 Å². The number of carbonyl (C=O) groups is 1. The van der Waals surface area contributed by atoms with Crippen LogP contribution in [-0.4, -0.2) is 43.6 Å². The highest BCUT2D eigenvalue weighted by molar-refractivity contribution is 7.92. The van der Waals surface area contributed by atoms with Gasteiger partial charge in [0.15, 0.2) is 9.84 Å². The number of carbonyl (C=O) groups excluding carboxylic acids is 1. The van der Waals surface area contributed by atoms with Crippen molar-refractivity contribution >= 4 is 15.7 Å². The van der Waals surface area contributed by atoms with Crippen LogP contribution >= 0.6 is 0 Å². The SMILES string of the molecule is CC(C)C(CCO)NC(=O)C(C)S(C)(=O)=O. The third kappa shape index (κ3) is 4.94. The molecule has 0 aliphatic heterocycles. The lowest BCUT2D eigenvalue weighted by Gasteiger charge is -2.23. The topological polar surface area (TPSA) is 83.5 Å². The zero-order chi connectivity index (χ0) is 12.9. The van der Waals surface area contributed by atoms with Gasteiger partial charge in [-0.05, 0) is 19.3 Å². The first-order chi connectivity index (χ1) is 7.20. The lowest BCUT2D eigenvalue weighted by Crippen LogP contribution is -2.45. The number of nitrogens with one attached hydrogen (secondary N) is 1. The third-order valence-electron chi connectivity index (χ3n) is 2.58. The van der Waals surface area contributed by atoms with Crippen LogP contribution in [0.4, 0.5) is 0 Å². The Labute approximate surface area is 97.2 Å². The van der Waals surface area contributed by atoms with Gasteiger partial charge < -0.3 is 10.4 Å². The molecular formula is C10H21NO4S. The molecule has 0 bridgehead atoms. The summed E-state index contributed by atoms with van der Waals surface area (Å²) >= 11 is 0. The van der Waals surface area contributed by atoms with Crippen molar-refractivity contribution in [2.45, 2.75) is 38.5 Å². The molecule has 0 aliphatic carbocycles. The normalized spacial score (nSPS) is 15.9. The van der Waals surface area contributed by atoms with E-state index in [1.165, 1.54) is 6.92 Å². The van der Waals surface area contributed by atoms with Gasteiger partial charge in [-0.2, -0.15) is 0 Å². The van der Waals surface area contributed by atoms with Crippen LogP contribution in [0.3, 0.4) is 0 Å². The Morgan fingerprint density at radius 2 is 1.81 bits per heavy atom. The lowest BCUT2D eigenvalue weighted by molar-refractivity contribution is -0.121. The molecule has 2 unspecified atom stereocenters. The predicted octanol–water partition coefficient (Wildman–Crippen LogP) is -0.0573. The van der Waals surface area contributed by atoms with E-state index in [1.54, 1.807) is 0 Å². The number of aliphatic hydroxyl groups is 1. The molecule has 0 spiro atoms. The summed E-state index contributed by atoms with van der Waals surface area (Å²) in [7, 11) is -3.36. The molecule has 0 heterocycles. The lowest BCUT2D eigenvalue weighted by atomic mass is 10.0. The van der Waals surface area contributed by atoms with E-state index in [4.69, 9.17) is 5.11 Å². The summed E-state index contributed by atoms with van der Waals surface area (Å²) in [5.74, 6) is -0.350. The molecule has 2 atom stereocenters. The van der Waals surface area contributed by atoms with Crippen molar-refractivity contribution in [3.63, 3.8) is 0 Å². The Hall–Kier alpha value is -0.620. The Bertz CT molecular complexity index is 324.